The van der Waals surface area contributed by atoms with Gasteiger partial charge in [-0.25, -0.2) is 9.59 Å². The highest BCUT2D eigenvalue weighted by atomic mass is 16.6. The Hall–Kier alpha value is -1.96. The van der Waals surface area contributed by atoms with E-state index in [0.717, 1.165) is 12.8 Å². The van der Waals surface area contributed by atoms with E-state index in [1.54, 1.807) is 12.1 Å². The summed E-state index contributed by atoms with van der Waals surface area (Å²) in [5.41, 5.74) is -2.87. The van der Waals surface area contributed by atoms with Crippen LogP contribution in [0.15, 0.2) is 30.3 Å². The molecule has 7 heteroatoms. The molecule has 2 atom stereocenters. The predicted molar refractivity (Wildman–Crippen MR) is 145 cm³/mol. The van der Waals surface area contributed by atoms with Crippen molar-refractivity contribution < 1.29 is 24.2 Å². The summed E-state index contributed by atoms with van der Waals surface area (Å²) in [6, 6.07) is 9.05. The molecule has 0 saturated carbocycles. The van der Waals surface area contributed by atoms with Gasteiger partial charge < -0.3 is 14.6 Å². The van der Waals surface area contributed by atoms with Gasteiger partial charge in [0, 0.05) is 17.5 Å². The monoisotopic (exact) mass is 516 g/mol. The molecule has 0 amide bonds. The van der Waals surface area contributed by atoms with E-state index in [1.165, 1.54) is 0 Å². The molecule has 0 aliphatic carbocycles. The zero-order valence-corrected chi connectivity index (χ0v) is 24.6. The second kappa shape index (κ2) is 9.97. The maximum Gasteiger partial charge on any atom is 0.350 e. The fourth-order valence-corrected chi connectivity index (χ4v) is 5.98. The van der Waals surface area contributed by atoms with Crippen molar-refractivity contribution >= 4 is 11.9 Å². The molecule has 3 rings (SSSR count). The van der Waals surface area contributed by atoms with Crippen molar-refractivity contribution in [1.29, 1.82) is 0 Å². The summed E-state index contributed by atoms with van der Waals surface area (Å²) in [6.45, 7) is 16.8. The lowest BCUT2D eigenvalue weighted by Crippen LogP contribution is -2.66. The Morgan fingerprint density at radius 2 is 1.19 bits per heavy atom. The Labute approximate surface area is 223 Å². The molecule has 0 aromatic heterocycles. The van der Waals surface area contributed by atoms with Crippen molar-refractivity contribution in [1.82, 2.24) is 9.80 Å². The maximum atomic E-state index is 13.7. The molecule has 0 radical (unpaired) electrons. The van der Waals surface area contributed by atoms with Crippen LogP contribution in [0.5, 0.6) is 0 Å². The lowest BCUT2D eigenvalue weighted by atomic mass is 9.78. The maximum absolute atomic E-state index is 13.7. The number of ether oxygens (including phenoxy) is 2. The molecular weight excluding hydrogens is 468 g/mol. The molecule has 37 heavy (non-hydrogen) atoms. The SMILES string of the molecule is CN1C(C)(C)CCC(OC(=O)C(O)(Cc2ccccc2)C(=O)OC2CCC(C)(C)N(C)C2(C)C)C1(C)C. The van der Waals surface area contributed by atoms with Gasteiger partial charge >= 0.3 is 11.9 Å². The molecular formula is C30H48N2O5. The van der Waals surface area contributed by atoms with Crippen LogP contribution < -0.4 is 0 Å². The van der Waals surface area contributed by atoms with Crippen molar-refractivity contribution in [3.8, 4) is 0 Å². The van der Waals surface area contributed by atoms with Gasteiger partial charge in [0.2, 0.25) is 0 Å². The second-order valence-electron chi connectivity index (χ2n) is 13.4. The number of hydrogen-bond acceptors (Lipinski definition) is 7. The van der Waals surface area contributed by atoms with Crippen molar-refractivity contribution in [3.63, 3.8) is 0 Å². The van der Waals surface area contributed by atoms with Gasteiger partial charge in [-0.15, -0.1) is 0 Å². The minimum absolute atomic E-state index is 0.0575. The van der Waals surface area contributed by atoms with Gasteiger partial charge in [0.15, 0.2) is 0 Å². The average molecular weight is 517 g/mol. The standard InChI is InChI=1S/C30H48N2O5/c1-26(2)18-16-22(28(5,6)31(26)9)36-24(33)30(35,20-21-14-12-11-13-15-21)25(34)37-23-17-19-27(3,4)32(10)29(23,7)8/h11-15,22-23,35H,16-20H2,1-10H3. The van der Waals surface area contributed by atoms with Crippen molar-refractivity contribution in [2.45, 2.75) is 127 Å². The zero-order chi connectivity index (χ0) is 28.0. The van der Waals surface area contributed by atoms with Crippen molar-refractivity contribution in [2.24, 2.45) is 0 Å². The van der Waals surface area contributed by atoms with Crippen molar-refractivity contribution in [2.75, 3.05) is 14.1 Å². The van der Waals surface area contributed by atoms with Gasteiger partial charge in [0.25, 0.3) is 5.60 Å². The van der Waals surface area contributed by atoms with Crippen LogP contribution in [-0.4, -0.2) is 80.9 Å². The summed E-state index contributed by atoms with van der Waals surface area (Å²) in [7, 11) is 4.04. The molecule has 2 aliphatic heterocycles. The number of aliphatic hydroxyl groups is 1. The quantitative estimate of drug-likeness (QED) is 0.445. The highest BCUT2D eigenvalue weighted by Crippen LogP contribution is 2.41. The number of benzene rings is 1. The smallest absolute Gasteiger partial charge is 0.350 e. The lowest BCUT2D eigenvalue weighted by molar-refractivity contribution is -0.205. The molecule has 0 spiro atoms. The molecule has 0 bridgehead atoms. The highest BCUT2D eigenvalue weighted by Gasteiger charge is 2.55. The molecule has 1 aromatic rings. The number of piperidine rings is 2. The van der Waals surface area contributed by atoms with Crippen molar-refractivity contribution in [3.05, 3.63) is 35.9 Å². The largest absolute Gasteiger partial charge is 0.458 e. The topological polar surface area (TPSA) is 79.3 Å². The summed E-state index contributed by atoms with van der Waals surface area (Å²) < 4.78 is 12.0. The first-order valence-corrected chi connectivity index (χ1v) is 13.5. The summed E-state index contributed by atoms with van der Waals surface area (Å²) >= 11 is 0. The first-order chi connectivity index (χ1) is 16.9. The molecule has 1 aromatic carbocycles. The zero-order valence-electron chi connectivity index (χ0n) is 24.6. The minimum atomic E-state index is -2.45. The summed E-state index contributed by atoms with van der Waals surface area (Å²) in [6.07, 6.45) is 1.76. The third kappa shape index (κ3) is 5.59. The summed E-state index contributed by atoms with van der Waals surface area (Å²) in [4.78, 5) is 31.8. The normalized spacial score (nSPS) is 28.6. The average Bonchev–Trinajstić information content (AvgIpc) is 2.81. The molecule has 2 aliphatic rings. The number of rotatable bonds is 6. The van der Waals surface area contributed by atoms with Gasteiger partial charge in [-0.3, -0.25) is 9.80 Å². The Kier molecular flexibility index (Phi) is 7.98. The van der Waals surface area contributed by atoms with Crippen LogP contribution in [0.4, 0.5) is 0 Å². The van der Waals surface area contributed by atoms with Crippen LogP contribution in [-0.2, 0) is 25.5 Å². The Bertz CT molecular complexity index is 929. The van der Waals surface area contributed by atoms with Crippen LogP contribution in [0.25, 0.3) is 0 Å². The molecule has 208 valence electrons. The first-order valence-electron chi connectivity index (χ1n) is 13.5. The third-order valence-corrected chi connectivity index (χ3v) is 9.63. The Morgan fingerprint density at radius 3 is 1.57 bits per heavy atom. The first kappa shape index (κ1) is 29.6. The molecule has 2 unspecified atom stereocenters. The Balaban J connectivity index is 1.88. The van der Waals surface area contributed by atoms with Crippen LogP contribution >= 0.6 is 0 Å². The van der Waals surface area contributed by atoms with Crippen LogP contribution in [0.1, 0.15) is 86.6 Å². The van der Waals surface area contributed by atoms with Gasteiger partial charge in [0.1, 0.15) is 12.2 Å². The molecule has 7 nitrogen and oxygen atoms in total. The number of nitrogens with zero attached hydrogens (tertiary/aromatic N) is 2. The predicted octanol–water partition coefficient (Wildman–Crippen LogP) is 4.35. The van der Waals surface area contributed by atoms with Crippen LogP contribution in [0, 0.1) is 0 Å². The van der Waals surface area contributed by atoms with E-state index in [-0.39, 0.29) is 17.5 Å². The van der Waals surface area contributed by atoms with E-state index in [9.17, 15) is 14.7 Å². The lowest BCUT2D eigenvalue weighted by Gasteiger charge is -2.54. The van der Waals surface area contributed by atoms with Gasteiger partial charge in [-0.1, -0.05) is 30.3 Å². The molecule has 2 fully saturated rings. The third-order valence-electron chi connectivity index (χ3n) is 9.63. The van der Waals surface area contributed by atoms with E-state index < -0.39 is 40.8 Å². The fraction of sp³-hybridized carbons (Fsp3) is 0.733. The summed E-state index contributed by atoms with van der Waals surface area (Å²) in [5, 5.41) is 11.8. The van der Waals surface area contributed by atoms with Crippen LogP contribution in [0.3, 0.4) is 0 Å². The summed E-state index contributed by atoms with van der Waals surface area (Å²) in [5.74, 6) is -1.90. The van der Waals surface area contributed by atoms with E-state index in [2.05, 4.69) is 37.5 Å². The number of carbonyl (C=O) groups excluding carboxylic acids is 2. The van der Waals surface area contributed by atoms with Gasteiger partial charge in [-0.2, -0.15) is 0 Å². The number of likely N-dealkylation sites (tertiary alicyclic amines) is 2. The Morgan fingerprint density at radius 1 is 0.811 bits per heavy atom. The van der Waals surface area contributed by atoms with E-state index in [4.69, 9.17) is 9.47 Å². The fourth-order valence-electron chi connectivity index (χ4n) is 5.98. The minimum Gasteiger partial charge on any atom is -0.458 e. The van der Waals surface area contributed by atoms with Gasteiger partial charge in [-0.05, 0) is 101 Å². The molecule has 2 saturated heterocycles. The van der Waals surface area contributed by atoms with E-state index in [0.29, 0.717) is 18.4 Å². The van der Waals surface area contributed by atoms with E-state index >= 15 is 0 Å². The molecule has 1 N–H and O–H groups in total. The van der Waals surface area contributed by atoms with E-state index in [1.807, 2.05) is 60.0 Å². The molecule has 2 heterocycles. The number of esters is 2. The highest BCUT2D eigenvalue weighted by molar-refractivity contribution is 6.03. The number of hydrogen-bond donors (Lipinski definition) is 1. The number of likely N-dealkylation sites (N-methyl/N-ethyl adjacent to an activating group) is 2. The van der Waals surface area contributed by atoms with Gasteiger partial charge in [0.05, 0.1) is 11.1 Å². The second-order valence-corrected chi connectivity index (χ2v) is 13.4. The number of carbonyl (C=O) groups is 2. The van der Waals surface area contributed by atoms with Crippen LogP contribution in [0.2, 0.25) is 0 Å².